The predicted octanol–water partition coefficient (Wildman–Crippen LogP) is 2.02. The molecule has 1 atom stereocenters. The number of hydrazine groups is 1. The van der Waals surface area contributed by atoms with Gasteiger partial charge in [-0.3, -0.25) is 20.4 Å². The summed E-state index contributed by atoms with van der Waals surface area (Å²) < 4.78 is 27.0. The van der Waals surface area contributed by atoms with E-state index in [-0.39, 0.29) is 29.0 Å². The number of para-hydroxylation sites is 1. The number of sulfonamides is 1. The van der Waals surface area contributed by atoms with Gasteiger partial charge < -0.3 is 4.98 Å². The molecule has 1 aliphatic rings. The fourth-order valence-electron chi connectivity index (χ4n) is 3.64. The van der Waals surface area contributed by atoms with Crippen LogP contribution < -0.4 is 10.9 Å². The van der Waals surface area contributed by atoms with Gasteiger partial charge in [0.05, 0.1) is 12.3 Å². The molecule has 30 heavy (non-hydrogen) atoms. The van der Waals surface area contributed by atoms with E-state index in [9.17, 15) is 18.0 Å². The number of amides is 2. The number of rotatable bonds is 5. The highest BCUT2D eigenvalue weighted by Gasteiger charge is 2.33. The first-order valence-electron chi connectivity index (χ1n) is 9.62. The summed E-state index contributed by atoms with van der Waals surface area (Å²) in [6, 6.07) is 10.9. The van der Waals surface area contributed by atoms with Crippen molar-refractivity contribution in [3.05, 3.63) is 53.5 Å². The normalized spacial score (nSPS) is 17.7. The molecule has 10 heteroatoms. The van der Waals surface area contributed by atoms with Gasteiger partial charge in [-0.2, -0.15) is 4.31 Å². The maximum absolute atomic E-state index is 12.7. The van der Waals surface area contributed by atoms with Crippen LogP contribution in [0.4, 0.5) is 0 Å². The number of thiophene rings is 1. The predicted molar refractivity (Wildman–Crippen MR) is 114 cm³/mol. The van der Waals surface area contributed by atoms with Gasteiger partial charge in [0.25, 0.3) is 10.0 Å². The average molecular weight is 447 g/mol. The van der Waals surface area contributed by atoms with E-state index in [2.05, 4.69) is 15.8 Å². The second kappa shape index (κ2) is 8.58. The minimum atomic E-state index is -3.59. The Morgan fingerprint density at radius 3 is 2.80 bits per heavy atom. The van der Waals surface area contributed by atoms with Crippen LogP contribution in [0.3, 0.4) is 0 Å². The molecule has 4 rings (SSSR count). The number of carbonyl (C=O) groups is 2. The molecule has 0 radical (unpaired) electrons. The van der Waals surface area contributed by atoms with Crippen molar-refractivity contribution in [2.75, 3.05) is 13.1 Å². The maximum Gasteiger partial charge on any atom is 0.252 e. The molecule has 0 spiro atoms. The van der Waals surface area contributed by atoms with E-state index in [1.165, 1.54) is 4.31 Å². The van der Waals surface area contributed by atoms with E-state index in [1.807, 2.05) is 24.3 Å². The van der Waals surface area contributed by atoms with Crippen molar-refractivity contribution in [3.8, 4) is 0 Å². The molecule has 158 valence electrons. The lowest BCUT2D eigenvalue weighted by Gasteiger charge is -2.30. The number of piperidine rings is 1. The zero-order chi connectivity index (χ0) is 21.1. The number of H-pyrrole nitrogens is 1. The van der Waals surface area contributed by atoms with Gasteiger partial charge in [0.1, 0.15) is 4.21 Å². The minimum Gasteiger partial charge on any atom is -0.361 e. The lowest BCUT2D eigenvalue weighted by molar-refractivity contribution is -0.131. The fourth-order valence-corrected chi connectivity index (χ4v) is 6.31. The molecule has 2 amide bonds. The fraction of sp³-hybridized carbons (Fsp3) is 0.300. The second-order valence-electron chi connectivity index (χ2n) is 7.21. The lowest BCUT2D eigenvalue weighted by atomic mass is 9.99. The summed E-state index contributed by atoms with van der Waals surface area (Å²) in [4.78, 5) is 27.9. The molecule has 3 N–H and O–H groups in total. The van der Waals surface area contributed by atoms with Crippen molar-refractivity contribution in [1.82, 2.24) is 20.1 Å². The molecule has 1 aliphatic heterocycles. The first-order chi connectivity index (χ1) is 14.4. The van der Waals surface area contributed by atoms with Crippen molar-refractivity contribution in [2.24, 2.45) is 5.92 Å². The monoisotopic (exact) mass is 446 g/mol. The molecule has 0 saturated carbocycles. The van der Waals surface area contributed by atoms with E-state index in [0.717, 1.165) is 27.8 Å². The SMILES string of the molecule is O=C(Cc1c[nH]c2ccccc12)NNC(=O)C1CCCN(S(=O)(=O)c2cccs2)C1. The van der Waals surface area contributed by atoms with Gasteiger partial charge in [0.2, 0.25) is 11.8 Å². The number of benzene rings is 1. The van der Waals surface area contributed by atoms with E-state index in [4.69, 9.17) is 0 Å². The smallest absolute Gasteiger partial charge is 0.252 e. The standard InChI is InChI=1S/C20H22N4O4S2/c25-18(11-15-12-21-17-7-2-1-6-16(15)17)22-23-20(26)14-5-3-9-24(13-14)30(27,28)19-8-4-10-29-19/h1-2,4,6-8,10,12,14,21H,3,5,9,11,13H2,(H,22,25)(H,23,26). The van der Waals surface area contributed by atoms with Crippen LogP contribution in [-0.2, 0) is 26.0 Å². The summed E-state index contributed by atoms with van der Waals surface area (Å²) in [6.45, 7) is 0.487. The molecular weight excluding hydrogens is 424 g/mol. The number of aromatic nitrogens is 1. The zero-order valence-corrected chi connectivity index (χ0v) is 17.8. The Balaban J connectivity index is 1.33. The molecule has 8 nitrogen and oxygen atoms in total. The van der Waals surface area contributed by atoms with E-state index < -0.39 is 15.9 Å². The average Bonchev–Trinajstić information content (AvgIpc) is 3.43. The van der Waals surface area contributed by atoms with Crippen molar-refractivity contribution < 1.29 is 18.0 Å². The topological polar surface area (TPSA) is 111 Å². The number of nitrogens with one attached hydrogen (secondary N) is 3. The largest absolute Gasteiger partial charge is 0.361 e. The van der Waals surface area contributed by atoms with Crippen molar-refractivity contribution >= 4 is 44.1 Å². The van der Waals surface area contributed by atoms with Crippen molar-refractivity contribution in [3.63, 3.8) is 0 Å². The Hall–Kier alpha value is -2.69. The highest BCUT2D eigenvalue weighted by Crippen LogP contribution is 2.26. The summed E-state index contributed by atoms with van der Waals surface area (Å²) in [6.07, 6.45) is 3.06. The van der Waals surface area contributed by atoms with Crippen LogP contribution in [0.15, 0.2) is 52.2 Å². The van der Waals surface area contributed by atoms with Gasteiger partial charge in [-0.25, -0.2) is 8.42 Å². The Kier molecular flexibility index (Phi) is 5.89. The van der Waals surface area contributed by atoms with Gasteiger partial charge in [-0.1, -0.05) is 24.3 Å². The molecule has 1 unspecified atom stereocenters. The molecule has 2 aromatic heterocycles. The summed E-state index contributed by atoms with van der Waals surface area (Å²) in [5.74, 6) is -1.23. The van der Waals surface area contributed by atoms with Crippen LogP contribution in [0.2, 0.25) is 0 Å². The Morgan fingerprint density at radius 2 is 2.00 bits per heavy atom. The Labute approximate surface area is 178 Å². The highest BCUT2D eigenvalue weighted by atomic mass is 32.2. The third-order valence-corrected chi connectivity index (χ3v) is 8.43. The van der Waals surface area contributed by atoms with Crippen LogP contribution in [0.1, 0.15) is 18.4 Å². The van der Waals surface area contributed by atoms with Crippen molar-refractivity contribution in [1.29, 1.82) is 0 Å². The second-order valence-corrected chi connectivity index (χ2v) is 10.3. The highest BCUT2D eigenvalue weighted by molar-refractivity contribution is 7.91. The van der Waals surface area contributed by atoms with E-state index >= 15 is 0 Å². The first-order valence-corrected chi connectivity index (χ1v) is 11.9. The third kappa shape index (κ3) is 4.25. The summed E-state index contributed by atoms with van der Waals surface area (Å²) >= 11 is 1.16. The molecule has 3 aromatic rings. The zero-order valence-electron chi connectivity index (χ0n) is 16.1. The van der Waals surface area contributed by atoms with E-state index in [1.54, 1.807) is 23.7 Å². The van der Waals surface area contributed by atoms with Gasteiger partial charge >= 0.3 is 0 Å². The molecule has 0 bridgehead atoms. The van der Waals surface area contributed by atoms with Crippen LogP contribution in [0.25, 0.3) is 10.9 Å². The number of aromatic amines is 1. The summed E-state index contributed by atoms with van der Waals surface area (Å²) in [7, 11) is -3.59. The lowest BCUT2D eigenvalue weighted by Crippen LogP contribution is -2.50. The van der Waals surface area contributed by atoms with Gasteiger partial charge in [-0.05, 0) is 35.9 Å². The molecular formula is C20H22N4O4S2. The van der Waals surface area contributed by atoms with Gasteiger partial charge in [-0.15, -0.1) is 11.3 Å². The van der Waals surface area contributed by atoms with Crippen LogP contribution in [0.5, 0.6) is 0 Å². The van der Waals surface area contributed by atoms with Crippen LogP contribution >= 0.6 is 11.3 Å². The number of nitrogens with zero attached hydrogens (tertiary/aromatic N) is 1. The van der Waals surface area contributed by atoms with Crippen molar-refractivity contribution in [2.45, 2.75) is 23.5 Å². The van der Waals surface area contributed by atoms with Crippen LogP contribution in [0, 0.1) is 5.92 Å². The quantitative estimate of drug-likeness (QED) is 0.521. The number of hydrogen-bond acceptors (Lipinski definition) is 5. The van der Waals surface area contributed by atoms with Gasteiger partial charge in [0, 0.05) is 30.2 Å². The maximum atomic E-state index is 12.7. The van der Waals surface area contributed by atoms with E-state index in [0.29, 0.717) is 19.4 Å². The molecule has 3 heterocycles. The Bertz CT molecular complexity index is 1150. The molecule has 0 aliphatic carbocycles. The number of hydrogen-bond donors (Lipinski definition) is 3. The number of fused-ring (bicyclic) bond motifs is 1. The molecule has 1 saturated heterocycles. The summed E-state index contributed by atoms with van der Waals surface area (Å²) in [5.41, 5.74) is 6.68. The molecule has 1 aromatic carbocycles. The minimum absolute atomic E-state index is 0.102. The number of carbonyl (C=O) groups excluding carboxylic acids is 2. The van der Waals surface area contributed by atoms with Gasteiger partial charge in [0.15, 0.2) is 0 Å². The molecule has 1 fully saturated rings. The Morgan fingerprint density at radius 1 is 1.17 bits per heavy atom. The summed E-state index contributed by atoms with van der Waals surface area (Å²) in [5, 5.41) is 2.67. The van der Waals surface area contributed by atoms with Crippen LogP contribution in [-0.4, -0.2) is 42.6 Å². The third-order valence-electron chi connectivity index (χ3n) is 5.20. The first kappa shape index (κ1) is 20.6.